The van der Waals surface area contributed by atoms with Crippen LogP contribution in [0, 0.1) is 10.1 Å². The Kier molecular flexibility index (Phi) is 9.05. The average molecular weight is 591 g/mol. The molecule has 0 spiro atoms. The van der Waals surface area contributed by atoms with Crippen LogP contribution in [0.3, 0.4) is 0 Å². The number of thiazole rings is 1. The van der Waals surface area contributed by atoms with Crippen molar-refractivity contribution < 1.29 is 19.2 Å². The standard InChI is InChI=1S/C25H20Cl2N4O5S2/c1-3-35-17-6-7-19-23(12-17)38-25(29-19)37-22-9-4-15(10-20(22)31(33)34)13-28-30-24(32)14(2)36-21-8-5-16(26)11-18(21)27/h4-14H,3H2,1-2H3,(H,30,32)/b28-13-/t14-/m0/s1. The zero-order valence-corrected chi connectivity index (χ0v) is 23.2. The fraction of sp³-hybridized carbons (Fsp3) is 0.160. The van der Waals surface area contributed by atoms with Crippen LogP contribution in [0.1, 0.15) is 19.4 Å². The molecule has 0 saturated heterocycles. The van der Waals surface area contributed by atoms with E-state index < -0.39 is 16.9 Å². The Morgan fingerprint density at radius 3 is 2.79 bits per heavy atom. The Morgan fingerprint density at radius 2 is 2.05 bits per heavy atom. The monoisotopic (exact) mass is 590 g/mol. The van der Waals surface area contributed by atoms with E-state index >= 15 is 0 Å². The molecule has 1 aromatic heterocycles. The van der Waals surface area contributed by atoms with Gasteiger partial charge in [0.25, 0.3) is 11.6 Å². The molecule has 1 heterocycles. The molecule has 0 fully saturated rings. The number of nitrogens with zero attached hydrogens (tertiary/aromatic N) is 3. The maximum Gasteiger partial charge on any atom is 0.283 e. The Morgan fingerprint density at radius 1 is 1.24 bits per heavy atom. The molecule has 0 radical (unpaired) electrons. The molecule has 4 aromatic rings. The summed E-state index contributed by atoms with van der Waals surface area (Å²) in [4.78, 5) is 28.6. The molecule has 196 valence electrons. The van der Waals surface area contributed by atoms with Gasteiger partial charge in [-0.05, 0) is 56.3 Å². The smallest absolute Gasteiger partial charge is 0.283 e. The lowest BCUT2D eigenvalue weighted by Gasteiger charge is -2.14. The minimum absolute atomic E-state index is 0.103. The number of benzene rings is 3. The van der Waals surface area contributed by atoms with Crippen LogP contribution in [0.2, 0.25) is 10.0 Å². The summed E-state index contributed by atoms with van der Waals surface area (Å²) in [5, 5.41) is 16.4. The number of nitrogens with one attached hydrogen (secondary N) is 1. The van der Waals surface area contributed by atoms with E-state index in [0.29, 0.717) is 32.2 Å². The van der Waals surface area contributed by atoms with Crippen molar-refractivity contribution in [3.05, 3.63) is 80.3 Å². The predicted octanol–water partition coefficient (Wildman–Crippen LogP) is 6.98. The molecular formula is C25H20Cl2N4O5S2. The highest BCUT2D eigenvalue weighted by atomic mass is 35.5. The molecule has 0 aliphatic carbocycles. The van der Waals surface area contributed by atoms with Gasteiger partial charge in [0.1, 0.15) is 11.5 Å². The average Bonchev–Trinajstić information content (AvgIpc) is 3.28. The Bertz CT molecular complexity index is 1530. The molecular weight excluding hydrogens is 571 g/mol. The lowest BCUT2D eigenvalue weighted by molar-refractivity contribution is -0.387. The Balaban J connectivity index is 1.42. The summed E-state index contributed by atoms with van der Waals surface area (Å²) < 4.78 is 12.7. The highest BCUT2D eigenvalue weighted by Gasteiger charge is 2.18. The number of nitro benzene ring substituents is 1. The second-order valence-corrected chi connectivity index (χ2v) is 10.9. The number of hydrogen-bond donors (Lipinski definition) is 1. The summed E-state index contributed by atoms with van der Waals surface area (Å²) in [6, 6.07) is 14.9. The van der Waals surface area contributed by atoms with Crippen molar-refractivity contribution in [2.24, 2.45) is 5.10 Å². The van der Waals surface area contributed by atoms with E-state index in [1.807, 2.05) is 25.1 Å². The normalized spacial score (nSPS) is 12.0. The highest BCUT2D eigenvalue weighted by Crippen LogP contribution is 2.39. The van der Waals surface area contributed by atoms with E-state index in [-0.39, 0.29) is 10.7 Å². The number of carbonyl (C=O) groups excluding carboxylic acids is 1. The topological polar surface area (TPSA) is 116 Å². The van der Waals surface area contributed by atoms with Gasteiger partial charge in [-0.15, -0.1) is 11.3 Å². The third-order valence-corrected chi connectivity index (χ3v) is 7.66. The number of aromatic nitrogens is 1. The molecule has 38 heavy (non-hydrogen) atoms. The molecule has 3 aromatic carbocycles. The van der Waals surface area contributed by atoms with Gasteiger partial charge >= 0.3 is 0 Å². The van der Waals surface area contributed by atoms with Gasteiger partial charge in [0.2, 0.25) is 0 Å². The van der Waals surface area contributed by atoms with E-state index in [9.17, 15) is 14.9 Å². The third-order valence-electron chi connectivity index (χ3n) is 4.98. The van der Waals surface area contributed by atoms with Gasteiger partial charge in [0.05, 0.1) is 37.9 Å². The first-order valence-electron chi connectivity index (χ1n) is 11.2. The van der Waals surface area contributed by atoms with E-state index in [0.717, 1.165) is 16.0 Å². The number of fused-ring (bicyclic) bond motifs is 1. The number of carbonyl (C=O) groups is 1. The van der Waals surface area contributed by atoms with Crippen LogP contribution in [0.15, 0.2) is 68.9 Å². The second kappa shape index (κ2) is 12.4. The fourth-order valence-electron chi connectivity index (χ4n) is 3.20. The van der Waals surface area contributed by atoms with Gasteiger partial charge in [-0.1, -0.05) is 41.0 Å². The Labute approximate surface area is 235 Å². The summed E-state index contributed by atoms with van der Waals surface area (Å²) in [6.45, 7) is 4.00. The van der Waals surface area contributed by atoms with Gasteiger partial charge < -0.3 is 9.47 Å². The molecule has 1 amide bonds. The minimum Gasteiger partial charge on any atom is -0.494 e. The van der Waals surface area contributed by atoms with E-state index in [1.165, 1.54) is 48.4 Å². The molecule has 0 saturated carbocycles. The summed E-state index contributed by atoms with van der Waals surface area (Å²) in [7, 11) is 0. The van der Waals surface area contributed by atoms with Gasteiger partial charge in [0, 0.05) is 16.7 Å². The largest absolute Gasteiger partial charge is 0.494 e. The van der Waals surface area contributed by atoms with Crippen LogP contribution < -0.4 is 14.9 Å². The summed E-state index contributed by atoms with van der Waals surface area (Å²) >= 11 is 14.6. The third kappa shape index (κ3) is 6.93. The van der Waals surface area contributed by atoms with Crippen molar-refractivity contribution in [3.8, 4) is 11.5 Å². The van der Waals surface area contributed by atoms with Crippen LogP contribution >= 0.6 is 46.3 Å². The lowest BCUT2D eigenvalue weighted by Crippen LogP contribution is -2.33. The van der Waals surface area contributed by atoms with E-state index in [4.69, 9.17) is 32.7 Å². The highest BCUT2D eigenvalue weighted by molar-refractivity contribution is 8.01. The lowest BCUT2D eigenvalue weighted by atomic mass is 10.2. The van der Waals surface area contributed by atoms with Crippen LogP contribution in [-0.4, -0.2) is 34.7 Å². The Hall–Kier alpha value is -3.38. The van der Waals surface area contributed by atoms with Crippen molar-refractivity contribution in [2.45, 2.75) is 29.2 Å². The molecule has 0 aliphatic rings. The van der Waals surface area contributed by atoms with Gasteiger partial charge in [-0.2, -0.15) is 5.10 Å². The first kappa shape index (κ1) is 27.6. The first-order chi connectivity index (χ1) is 18.2. The van der Waals surface area contributed by atoms with Crippen molar-refractivity contribution in [2.75, 3.05) is 6.61 Å². The van der Waals surface area contributed by atoms with E-state index in [1.54, 1.807) is 24.3 Å². The zero-order valence-electron chi connectivity index (χ0n) is 20.0. The van der Waals surface area contributed by atoms with Crippen molar-refractivity contribution in [3.63, 3.8) is 0 Å². The fourth-order valence-corrected chi connectivity index (χ4v) is 5.79. The number of halogens is 2. The maximum atomic E-state index is 12.3. The first-order valence-corrected chi connectivity index (χ1v) is 13.6. The predicted molar refractivity (Wildman–Crippen MR) is 150 cm³/mol. The second-order valence-electron chi connectivity index (χ2n) is 7.70. The van der Waals surface area contributed by atoms with Crippen LogP contribution in [-0.2, 0) is 4.79 Å². The number of nitro groups is 1. The van der Waals surface area contributed by atoms with E-state index in [2.05, 4.69) is 15.5 Å². The number of amides is 1. The molecule has 1 atom stereocenters. The van der Waals surface area contributed by atoms with Crippen LogP contribution in [0.4, 0.5) is 5.69 Å². The number of ether oxygens (including phenoxy) is 2. The zero-order chi connectivity index (χ0) is 27.2. The molecule has 13 heteroatoms. The van der Waals surface area contributed by atoms with Crippen molar-refractivity contribution in [1.82, 2.24) is 10.4 Å². The molecule has 0 unspecified atom stereocenters. The van der Waals surface area contributed by atoms with Crippen LogP contribution in [0.25, 0.3) is 10.2 Å². The maximum absolute atomic E-state index is 12.3. The van der Waals surface area contributed by atoms with Gasteiger partial charge in [-0.3, -0.25) is 14.9 Å². The number of hydrazone groups is 1. The van der Waals surface area contributed by atoms with Gasteiger partial charge in [-0.25, -0.2) is 10.4 Å². The van der Waals surface area contributed by atoms with Gasteiger partial charge in [0.15, 0.2) is 10.4 Å². The number of hydrogen-bond acceptors (Lipinski definition) is 9. The summed E-state index contributed by atoms with van der Waals surface area (Å²) in [5.41, 5.74) is 3.48. The number of rotatable bonds is 10. The summed E-state index contributed by atoms with van der Waals surface area (Å²) in [6.07, 6.45) is 0.409. The van der Waals surface area contributed by atoms with Crippen molar-refractivity contribution >= 4 is 74.3 Å². The molecule has 9 nitrogen and oxygen atoms in total. The molecule has 4 rings (SSSR count). The molecule has 1 N–H and O–H groups in total. The molecule has 0 aliphatic heterocycles. The minimum atomic E-state index is -0.905. The quantitative estimate of drug-likeness (QED) is 0.120. The molecule has 0 bridgehead atoms. The SMILES string of the molecule is CCOc1ccc2nc(Sc3ccc(/C=N\NC(=O)[C@H](C)Oc4ccc(Cl)cc4Cl)cc3[N+](=O)[O-])sc2c1. The van der Waals surface area contributed by atoms with Crippen LogP contribution in [0.5, 0.6) is 11.5 Å². The van der Waals surface area contributed by atoms with Crippen molar-refractivity contribution in [1.29, 1.82) is 0 Å². The summed E-state index contributed by atoms with van der Waals surface area (Å²) in [5.74, 6) is 0.517.